The Morgan fingerprint density at radius 2 is 2.15 bits per heavy atom. The monoisotopic (exact) mass is 293 g/mol. The predicted octanol–water partition coefficient (Wildman–Crippen LogP) is 2.53. The van der Waals surface area contributed by atoms with Gasteiger partial charge in [0, 0.05) is 12.7 Å². The zero-order valence-electron chi connectivity index (χ0n) is 10.8. The Morgan fingerprint density at radius 3 is 2.75 bits per heavy atom. The lowest BCUT2D eigenvalue weighted by Crippen LogP contribution is -2.41. The Labute approximate surface area is 113 Å². The number of amides is 1. The minimum Gasteiger partial charge on any atom is -0.369 e. The third kappa shape index (κ3) is 4.36. The summed E-state index contributed by atoms with van der Waals surface area (Å²) in [5, 5.41) is 4.64. The molecule has 2 N–H and O–H groups in total. The van der Waals surface area contributed by atoms with Crippen LogP contribution in [0.25, 0.3) is 0 Å². The van der Waals surface area contributed by atoms with Crippen LogP contribution in [-0.2, 0) is 0 Å². The van der Waals surface area contributed by atoms with Gasteiger partial charge in [-0.3, -0.25) is 4.79 Å². The highest BCUT2D eigenvalue weighted by atomic mass is 19.3. The van der Waals surface area contributed by atoms with Crippen LogP contribution in [0.3, 0.4) is 0 Å². The van der Waals surface area contributed by atoms with Crippen molar-refractivity contribution in [2.45, 2.75) is 25.7 Å². The number of rotatable bonds is 7. The molecular formula is C12H15F4N3O. The van der Waals surface area contributed by atoms with Gasteiger partial charge in [0.1, 0.15) is 5.82 Å². The molecule has 8 heteroatoms. The second-order valence-corrected chi connectivity index (χ2v) is 4.07. The zero-order valence-corrected chi connectivity index (χ0v) is 10.8. The van der Waals surface area contributed by atoms with E-state index in [9.17, 15) is 22.4 Å². The number of nitrogens with one attached hydrogen (secondary N) is 2. The Kier molecular flexibility index (Phi) is 5.72. The molecule has 112 valence electrons. The van der Waals surface area contributed by atoms with Crippen molar-refractivity contribution in [2.24, 2.45) is 0 Å². The quantitative estimate of drug-likeness (QED) is 0.760. The molecule has 0 fully saturated rings. The molecule has 0 saturated carbocycles. The Hall–Kier alpha value is -1.86. The molecule has 0 aliphatic rings. The average Bonchev–Trinajstić information content (AvgIpc) is 2.42. The van der Waals surface area contributed by atoms with Crippen LogP contribution in [0.4, 0.5) is 23.4 Å². The van der Waals surface area contributed by atoms with Gasteiger partial charge in [0.15, 0.2) is 0 Å². The number of pyridine rings is 1. The number of carbonyl (C=O) groups is 1. The van der Waals surface area contributed by atoms with Gasteiger partial charge in [-0.05, 0) is 18.6 Å². The Bertz CT molecular complexity index is 454. The van der Waals surface area contributed by atoms with E-state index in [4.69, 9.17) is 0 Å². The molecule has 0 bridgehead atoms. The van der Waals surface area contributed by atoms with Crippen LogP contribution in [-0.4, -0.2) is 36.3 Å². The van der Waals surface area contributed by atoms with Gasteiger partial charge < -0.3 is 10.6 Å². The SMILES string of the molecule is CCCNc1ncccc1C(=O)NCC(F)(F)C(F)F. The molecule has 1 aromatic rings. The first-order chi connectivity index (χ1) is 9.38. The maximum atomic E-state index is 12.7. The normalized spacial score (nSPS) is 11.5. The largest absolute Gasteiger partial charge is 0.369 e. The molecule has 20 heavy (non-hydrogen) atoms. The Balaban J connectivity index is 2.72. The van der Waals surface area contributed by atoms with Crippen LogP contribution in [0.5, 0.6) is 0 Å². The highest BCUT2D eigenvalue weighted by Gasteiger charge is 2.40. The first-order valence-electron chi connectivity index (χ1n) is 6.01. The van der Waals surface area contributed by atoms with Crippen molar-refractivity contribution >= 4 is 11.7 Å². The second-order valence-electron chi connectivity index (χ2n) is 4.07. The Morgan fingerprint density at radius 1 is 1.45 bits per heavy atom. The number of hydrogen-bond acceptors (Lipinski definition) is 3. The fourth-order valence-electron chi connectivity index (χ4n) is 1.34. The molecule has 1 heterocycles. The fraction of sp³-hybridized carbons (Fsp3) is 0.500. The molecule has 0 radical (unpaired) electrons. The lowest BCUT2D eigenvalue weighted by atomic mass is 10.2. The molecule has 0 aromatic carbocycles. The number of alkyl halides is 4. The van der Waals surface area contributed by atoms with Crippen molar-refractivity contribution < 1.29 is 22.4 Å². The minimum atomic E-state index is -4.26. The number of nitrogens with zero attached hydrogens (tertiary/aromatic N) is 1. The van der Waals surface area contributed by atoms with Gasteiger partial charge in [-0.15, -0.1) is 0 Å². The number of halogens is 4. The van der Waals surface area contributed by atoms with Crippen molar-refractivity contribution in [2.75, 3.05) is 18.4 Å². The van der Waals surface area contributed by atoms with Gasteiger partial charge in [0.05, 0.1) is 12.1 Å². The lowest BCUT2D eigenvalue weighted by molar-refractivity contribution is -0.123. The zero-order chi connectivity index (χ0) is 15.2. The van der Waals surface area contributed by atoms with Gasteiger partial charge >= 0.3 is 12.3 Å². The summed E-state index contributed by atoms with van der Waals surface area (Å²) < 4.78 is 49.4. The van der Waals surface area contributed by atoms with Crippen LogP contribution in [0.1, 0.15) is 23.7 Å². The second kappa shape index (κ2) is 7.06. The number of hydrogen-bond donors (Lipinski definition) is 2. The van der Waals surface area contributed by atoms with E-state index in [1.165, 1.54) is 18.3 Å². The molecule has 0 aliphatic carbocycles. The maximum absolute atomic E-state index is 12.7. The van der Waals surface area contributed by atoms with E-state index in [-0.39, 0.29) is 11.4 Å². The minimum absolute atomic E-state index is 0.0333. The first kappa shape index (κ1) is 16.2. The van der Waals surface area contributed by atoms with Crippen LogP contribution in [0.15, 0.2) is 18.3 Å². The summed E-state index contributed by atoms with van der Waals surface area (Å²) in [4.78, 5) is 15.6. The predicted molar refractivity (Wildman–Crippen MR) is 66.3 cm³/mol. The maximum Gasteiger partial charge on any atom is 0.324 e. The molecule has 1 amide bonds. The number of carbonyl (C=O) groups excluding carboxylic acids is 1. The average molecular weight is 293 g/mol. The summed E-state index contributed by atoms with van der Waals surface area (Å²) in [5.41, 5.74) is 0.0333. The van der Waals surface area contributed by atoms with E-state index in [1.54, 1.807) is 5.32 Å². The van der Waals surface area contributed by atoms with Crippen molar-refractivity contribution in [1.29, 1.82) is 0 Å². The first-order valence-corrected chi connectivity index (χ1v) is 6.01. The van der Waals surface area contributed by atoms with Gasteiger partial charge in [0.2, 0.25) is 0 Å². The summed E-state index contributed by atoms with van der Waals surface area (Å²) in [7, 11) is 0. The van der Waals surface area contributed by atoms with Gasteiger partial charge in [0.25, 0.3) is 5.91 Å². The molecular weight excluding hydrogens is 278 g/mol. The smallest absolute Gasteiger partial charge is 0.324 e. The topological polar surface area (TPSA) is 54.0 Å². The molecule has 4 nitrogen and oxygen atoms in total. The lowest BCUT2D eigenvalue weighted by Gasteiger charge is -2.16. The summed E-state index contributed by atoms with van der Waals surface area (Å²) >= 11 is 0. The van der Waals surface area contributed by atoms with E-state index >= 15 is 0 Å². The van der Waals surface area contributed by atoms with E-state index in [0.29, 0.717) is 6.54 Å². The molecule has 1 rings (SSSR count). The van der Waals surface area contributed by atoms with Crippen molar-refractivity contribution in [3.8, 4) is 0 Å². The molecule has 0 unspecified atom stereocenters. The van der Waals surface area contributed by atoms with Gasteiger partial charge in [-0.25, -0.2) is 13.8 Å². The van der Waals surface area contributed by atoms with Crippen LogP contribution in [0.2, 0.25) is 0 Å². The van der Waals surface area contributed by atoms with Gasteiger partial charge in [-0.2, -0.15) is 8.78 Å². The number of aromatic nitrogens is 1. The molecule has 0 spiro atoms. The summed E-state index contributed by atoms with van der Waals surface area (Å²) in [6.07, 6.45) is -1.61. The highest BCUT2D eigenvalue weighted by Crippen LogP contribution is 2.22. The third-order valence-corrected chi connectivity index (χ3v) is 2.40. The number of anilines is 1. The molecule has 0 atom stereocenters. The van der Waals surface area contributed by atoms with E-state index in [0.717, 1.165) is 6.42 Å². The highest BCUT2D eigenvalue weighted by molar-refractivity contribution is 5.98. The fourth-order valence-corrected chi connectivity index (χ4v) is 1.34. The van der Waals surface area contributed by atoms with Crippen molar-refractivity contribution in [3.63, 3.8) is 0 Å². The van der Waals surface area contributed by atoms with Crippen molar-refractivity contribution in [3.05, 3.63) is 23.9 Å². The van der Waals surface area contributed by atoms with E-state index < -0.39 is 24.8 Å². The summed E-state index contributed by atoms with van der Waals surface area (Å²) in [5.74, 6) is -4.90. The molecule has 1 aromatic heterocycles. The van der Waals surface area contributed by atoms with Crippen molar-refractivity contribution in [1.82, 2.24) is 10.3 Å². The van der Waals surface area contributed by atoms with Crippen LogP contribution >= 0.6 is 0 Å². The molecule has 0 aliphatic heterocycles. The summed E-state index contributed by atoms with van der Waals surface area (Å²) in [6.45, 7) is 1.02. The van der Waals surface area contributed by atoms with Crippen LogP contribution in [0, 0.1) is 0 Å². The van der Waals surface area contributed by atoms with Crippen LogP contribution < -0.4 is 10.6 Å². The van der Waals surface area contributed by atoms with E-state index in [1.807, 2.05) is 6.92 Å². The summed E-state index contributed by atoms with van der Waals surface area (Å²) in [6, 6.07) is 2.83. The van der Waals surface area contributed by atoms with Gasteiger partial charge in [-0.1, -0.05) is 6.92 Å². The molecule has 0 saturated heterocycles. The third-order valence-electron chi connectivity index (χ3n) is 2.40. The standard InChI is InChI=1S/C12H15F4N3O/c1-2-5-17-9-8(4-3-6-18-9)10(20)19-7-12(15,16)11(13)14/h3-4,6,11H,2,5,7H2,1H3,(H,17,18)(H,19,20). The van der Waals surface area contributed by atoms with E-state index in [2.05, 4.69) is 10.3 Å².